The molecule has 1 aliphatic rings. The zero-order valence-corrected chi connectivity index (χ0v) is 14.5. The Morgan fingerprint density at radius 1 is 1.43 bits per heavy atom. The molecule has 1 aromatic rings. The molecule has 2 rings (SSSR count). The number of hydrogen-bond acceptors (Lipinski definition) is 3. The van der Waals surface area contributed by atoms with Crippen LogP contribution < -0.4 is 10.0 Å². The molecule has 0 aromatic heterocycles. The largest absolute Gasteiger partial charge is 0.315 e. The third kappa shape index (κ3) is 5.11. The van der Waals surface area contributed by atoms with Crippen molar-refractivity contribution in [1.29, 1.82) is 0 Å². The van der Waals surface area contributed by atoms with Crippen LogP contribution in [0.3, 0.4) is 0 Å². The van der Waals surface area contributed by atoms with E-state index < -0.39 is 10.0 Å². The van der Waals surface area contributed by atoms with Crippen LogP contribution in [0.5, 0.6) is 0 Å². The van der Waals surface area contributed by atoms with Crippen molar-refractivity contribution in [2.24, 2.45) is 0 Å². The van der Waals surface area contributed by atoms with Gasteiger partial charge in [0.15, 0.2) is 0 Å². The predicted molar refractivity (Wildman–Crippen MR) is 88.9 cm³/mol. The lowest BCUT2D eigenvalue weighted by atomic mass is 10.1. The van der Waals surface area contributed by atoms with E-state index in [1.807, 2.05) is 6.07 Å². The first kappa shape index (κ1) is 18.7. The summed E-state index contributed by atoms with van der Waals surface area (Å²) in [5.74, 6) is 0. The molecule has 1 fully saturated rings. The third-order valence-corrected chi connectivity index (χ3v) is 5.44. The summed E-state index contributed by atoms with van der Waals surface area (Å²) in [6.45, 7) is 3.69. The minimum atomic E-state index is -3.55. The number of aryl methyl sites for hydroxylation is 1. The van der Waals surface area contributed by atoms with Gasteiger partial charge in [0.1, 0.15) is 4.90 Å². The fourth-order valence-electron chi connectivity index (χ4n) is 2.43. The van der Waals surface area contributed by atoms with Gasteiger partial charge in [-0.25, -0.2) is 13.1 Å². The summed E-state index contributed by atoms with van der Waals surface area (Å²) in [5.41, 5.74) is 0.999. The van der Waals surface area contributed by atoms with E-state index in [1.54, 1.807) is 12.1 Å². The molecule has 0 radical (unpaired) electrons. The zero-order chi connectivity index (χ0) is 14.6. The average molecular weight is 353 g/mol. The maximum Gasteiger partial charge on any atom is 0.242 e. The van der Waals surface area contributed by atoms with E-state index in [0.29, 0.717) is 6.54 Å². The lowest BCUT2D eigenvalue weighted by molar-refractivity contribution is 0.428. The average Bonchev–Trinajstić information content (AvgIpc) is 2.42. The molecule has 7 heteroatoms. The second kappa shape index (κ2) is 8.34. The van der Waals surface area contributed by atoms with Gasteiger partial charge in [0.25, 0.3) is 0 Å². The molecule has 120 valence electrons. The lowest BCUT2D eigenvalue weighted by Gasteiger charge is -2.24. The Morgan fingerprint density at radius 3 is 2.81 bits per heavy atom. The predicted octanol–water partition coefficient (Wildman–Crippen LogP) is 2.74. The molecular formula is C14H22Cl2N2O2S. The second-order valence-electron chi connectivity index (χ2n) is 5.18. The molecule has 2 N–H and O–H groups in total. The van der Waals surface area contributed by atoms with Gasteiger partial charge in [0.05, 0.1) is 5.02 Å². The molecule has 0 aliphatic carbocycles. The Morgan fingerprint density at radius 2 is 2.19 bits per heavy atom. The summed E-state index contributed by atoms with van der Waals surface area (Å²) in [6, 6.07) is 5.18. The minimum Gasteiger partial charge on any atom is -0.315 e. The van der Waals surface area contributed by atoms with Gasteiger partial charge in [-0.15, -0.1) is 12.4 Å². The van der Waals surface area contributed by atoms with Crippen LogP contribution in [-0.2, 0) is 16.4 Å². The summed E-state index contributed by atoms with van der Waals surface area (Å²) in [4.78, 5) is 0.190. The summed E-state index contributed by atoms with van der Waals surface area (Å²) >= 11 is 6.06. The minimum absolute atomic E-state index is 0. The van der Waals surface area contributed by atoms with Crippen LogP contribution in [-0.4, -0.2) is 27.5 Å². The smallest absolute Gasteiger partial charge is 0.242 e. The molecule has 4 nitrogen and oxygen atoms in total. The fourth-order valence-corrected chi connectivity index (χ4v) is 4.25. The highest BCUT2D eigenvalue weighted by molar-refractivity contribution is 7.89. The highest BCUT2D eigenvalue weighted by atomic mass is 35.5. The Kier molecular flexibility index (Phi) is 7.44. The van der Waals surface area contributed by atoms with Gasteiger partial charge in [0.2, 0.25) is 10.0 Å². The first-order valence-corrected chi connectivity index (χ1v) is 8.90. The normalized spacial score (nSPS) is 19.0. The first-order valence-electron chi connectivity index (χ1n) is 7.04. The van der Waals surface area contributed by atoms with Gasteiger partial charge in [-0.2, -0.15) is 0 Å². The van der Waals surface area contributed by atoms with Crippen molar-refractivity contribution in [3.05, 3.63) is 28.8 Å². The van der Waals surface area contributed by atoms with Crippen molar-refractivity contribution in [1.82, 2.24) is 10.0 Å². The Bertz CT molecular complexity index is 558. The fraction of sp³-hybridized carbons (Fsp3) is 0.571. The van der Waals surface area contributed by atoms with Crippen LogP contribution in [0.2, 0.25) is 5.02 Å². The highest BCUT2D eigenvalue weighted by Gasteiger charge is 2.23. The molecule has 0 bridgehead atoms. The number of nitrogens with one attached hydrogen (secondary N) is 2. The Labute approximate surface area is 138 Å². The van der Waals surface area contributed by atoms with E-state index >= 15 is 0 Å². The van der Waals surface area contributed by atoms with Gasteiger partial charge >= 0.3 is 0 Å². The maximum absolute atomic E-state index is 12.5. The third-order valence-electron chi connectivity index (χ3n) is 3.44. The van der Waals surface area contributed by atoms with Crippen LogP contribution in [0.1, 0.15) is 31.7 Å². The van der Waals surface area contributed by atoms with Crippen molar-refractivity contribution in [2.75, 3.05) is 13.1 Å². The van der Waals surface area contributed by atoms with Crippen molar-refractivity contribution in [3.63, 3.8) is 0 Å². The van der Waals surface area contributed by atoms with E-state index in [1.165, 1.54) is 0 Å². The number of benzene rings is 1. The van der Waals surface area contributed by atoms with Gasteiger partial charge in [-0.05, 0) is 43.5 Å². The molecule has 1 heterocycles. The summed E-state index contributed by atoms with van der Waals surface area (Å²) in [6.07, 6.45) is 3.67. The van der Waals surface area contributed by atoms with Gasteiger partial charge in [-0.3, -0.25) is 0 Å². The molecule has 1 aromatic carbocycles. The molecule has 1 unspecified atom stereocenters. The Balaban J connectivity index is 0.00000220. The van der Waals surface area contributed by atoms with Crippen molar-refractivity contribution < 1.29 is 8.42 Å². The standard InChI is InChI=1S/C14H21ClN2O2S.ClH/c1-2-4-11-6-7-13(15)14(9-11)20(18,19)17-12-5-3-8-16-10-12;/h6-7,9,12,16-17H,2-5,8,10H2,1H3;1H. The van der Waals surface area contributed by atoms with Crippen molar-refractivity contribution >= 4 is 34.0 Å². The molecule has 1 aliphatic heterocycles. The molecule has 21 heavy (non-hydrogen) atoms. The molecule has 1 atom stereocenters. The van der Waals surface area contributed by atoms with Crippen molar-refractivity contribution in [3.8, 4) is 0 Å². The number of piperidine rings is 1. The number of halogens is 2. The topological polar surface area (TPSA) is 58.2 Å². The lowest BCUT2D eigenvalue weighted by Crippen LogP contribution is -2.45. The van der Waals surface area contributed by atoms with Crippen LogP contribution in [0, 0.1) is 0 Å². The van der Waals surface area contributed by atoms with Crippen LogP contribution >= 0.6 is 24.0 Å². The van der Waals surface area contributed by atoms with E-state index in [2.05, 4.69) is 17.0 Å². The van der Waals surface area contributed by atoms with Gasteiger partial charge in [-0.1, -0.05) is 31.0 Å². The zero-order valence-electron chi connectivity index (χ0n) is 12.1. The number of sulfonamides is 1. The second-order valence-corrected chi connectivity index (χ2v) is 7.27. The summed E-state index contributed by atoms with van der Waals surface area (Å²) in [5, 5.41) is 3.47. The summed E-state index contributed by atoms with van der Waals surface area (Å²) in [7, 11) is -3.55. The monoisotopic (exact) mass is 352 g/mol. The Hall–Kier alpha value is -0.330. The summed E-state index contributed by atoms with van der Waals surface area (Å²) < 4.78 is 27.7. The van der Waals surface area contributed by atoms with Crippen molar-refractivity contribution in [2.45, 2.75) is 43.5 Å². The van der Waals surface area contributed by atoms with Gasteiger partial charge < -0.3 is 5.32 Å². The first-order chi connectivity index (χ1) is 9.53. The van der Waals surface area contributed by atoms with E-state index in [9.17, 15) is 8.42 Å². The number of hydrogen-bond donors (Lipinski definition) is 2. The SMILES string of the molecule is CCCc1ccc(Cl)c(S(=O)(=O)NC2CCCNC2)c1.Cl. The molecule has 0 saturated carbocycles. The molecular weight excluding hydrogens is 331 g/mol. The quantitative estimate of drug-likeness (QED) is 0.856. The molecule has 0 amide bonds. The number of rotatable bonds is 5. The molecule has 0 spiro atoms. The van der Waals surface area contributed by atoms with Crippen LogP contribution in [0.25, 0.3) is 0 Å². The van der Waals surface area contributed by atoms with Gasteiger partial charge in [0, 0.05) is 12.6 Å². The molecule has 1 saturated heterocycles. The van der Waals surface area contributed by atoms with E-state index in [-0.39, 0.29) is 28.4 Å². The maximum atomic E-state index is 12.5. The van der Waals surface area contributed by atoms with E-state index in [0.717, 1.165) is 37.8 Å². The van der Waals surface area contributed by atoms with E-state index in [4.69, 9.17) is 11.6 Å². The highest BCUT2D eigenvalue weighted by Crippen LogP contribution is 2.24. The van der Waals surface area contributed by atoms with Crippen LogP contribution in [0.4, 0.5) is 0 Å². The van der Waals surface area contributed by atoms with Crippen LogP contribution in [0.15, 0.2) is 23.1 Å².